The van der Waals surface area contributed by atoms with Crippen LogP contribution in [0.2, 0.25) is 0 Å². The highest BCUT2D eigenvalue weighted by atomic mass is 16.5. The van der Waals surface area contributed by atoms with Gasteiger partial charge in [0.1, 0.15) is 24.8 Å². The molecule has 0 radical (unpaired) electrons. The third-order valence-corrected chi connectivity index (χ3v) is 2.74. The van der Waals surface area contributed by atoms with Gasteiger partial charge in [0.05, 0.1) is 6.54 Å². The Labute approximate surface area is 118 Å². The minimum Gasteiger partial charge on any atom is -0.491 e. The summed E-state index contributed by atoms with van der Waals surface area (Å²) in [5, 5.41) is 17.1. The van der Waals surface area contributed by atoms with Gasteiger partial charge in [0.25, 0.3) is 0 Å². The standard InChI is InChI=1S/C14H20N4O2/c1-11-4-3-5-13(6-11)20-9-12(19)7-15-8-14-16-10-18(2)17-14/h3-6,10,12,15,19H,7-9H2,1-2H3. The molecule has 108 valence electrons. The van der Waals surface area contributed by atoms with E-state index in [0.29, 0.717) is 18.9 Å². The van der Waals surface area contributed by atoms with E-state index in [4.69, 9.17) is 4.74 Å². The summed E-state index contributed by atoms with van der Waals surface area (Å²) in [7, 11) is 1.82. The van der Waals surface area contributed by atoms with Gasteiger partial charge in [-0.1, -0.05) is 12.1 Å². The van der Waals surface area contributed by atoms with Gasteiger partial charge in [-0.2, -0.15) is 5.10 Å². The van der Waals surface area contributed by atoms with Crippen LogP contribution in [0.5, 0.6) is 5.75 Å². The molecule has 2 aromatic rings. The van der Waals surface area contributed by atoms with Crippen LogP contribution >= 0.6 is 0 Å². The molecule has 0 aliphatic carbocycles. The van der Waals surface area contributed by atoms with E-state index < -0.39 is 6.10 Å². The SMILES string of the molecule is Cc1cccc(OCC(O)CNCc2ncn(C)n2)c1. The molecule has 1 unspecified atom stereocenters. The maximum Gasteiger partial charge on any atom is 0.164 e. The average molecular weight is 276 g/mol. The van der Waals surface area contributed by atoms with Crippen LogP contribution in [-0.4, -0.2) is 39.1 Å². The molecule has 6 heteroatoms. The van der Waals surface area contributed by atoms with E-state index in [-0.39, 0.29) is 6.61 Å². The smallest absolute Gasteiger partial charge is 0.164 e. The number of hydrogen-bond donors (Lipinski definition) is 2. The van der Waals surface area contributed by atoms with Crippen molar-refractivity contribution in [3.63, 3.8) is 0 Å². The van der Waals surface area contributed by atoms with Gasteiger partial charge in [-0.25, -0.2) is 4.98 Å². The molecule has 0 aliphatic heterocycles. The summed E-state index contributed by atoms with van der Waals surface area (Å²) in [4.78, 5) is 4.09. The number of nitrogens with one attached hydrogen (secondary N) is 1. The molecule has 0 aliphatic rings. The van der Waals surface area contributed by atoms with Crippen molar-refractivity contribution < 1.29 is 9.84 Å². The fraction of sp³-hybridized carbons (Fsp3) is 0.429. The van der Waals surface area contributed by atoms with Crippen LogP contribution in [0.25, 0.3) is 0 Å². The molecule has 0 saturated heterocycles. The number of aliphatic hydroxyl groups excluding tert-OH is 1. The average Bonchev–Trinajstić information content (AvgIpc) is 2.82. The highest BCUT2D eigenvalue weighted by Crippen LogP contribution is 2.12. The lowest BCUT2D eigenvalue weighted by atomic mass is 10.2. The molecule has 2 N–H and O–H groups in total. The highest BCUT2D eigenvalue weighted by Gasteiger charge is 2.06. The molecule has 0 bridgehead atoms. The van der Waals surface area contributed by atoms with E-state index in [1.54, 1.807) is 11.0 Å². The minimum atomic E-state index is -0.570. The van der Waals surface area contributed by atoms with Crippen LogP contribution in [0.1, 0.15) is 11.4 Å². The second-order valence-corrected chi connectivity index (χ2v) is 4.75. The Bertz CT molecular complexity index is 541. The number of aliphatic hydroxyl groups is 1. The molecule has 20 heavy (non-hydrogen) atoms. The molecule has 1 heterocycles. The second-order valence-electron chi connectivity index (χ2n) is 4.75. The largest absolute Gasteiger partial charge is 0.491 e. The number of benzene rings is 1. The van der Waals surface area contributed by atoms with E-state index in [0.717, 1.165) is 11.3 Å². The first-order valence-corrected chi connectivity index (χ1v) is 6.56. The third-order valence-electron chi connectivity index (χ3n) is 2.74. The van der Waals surface area contributed by atoms with Crippen molar-refractivity contribution in [1.82, 2.24) is 20.1 Å². The summed E-state index contributed by atoms with van der Waals surface area (Å²) in [5.41, 5.74) is 1.14. The van der Waals surface area contributed by atoms with Gasteiger partial charge in [0.15, 0.2) is 5.82 Å². The molecule has 0 saturated carbocycles. The van der Waals surface area contributed by atoms with Gasteiger partial charge < -0.3 is 15.2 Å². The topological polar surface area (TPSA) is 72.2 Å². The second kappa shape index (κ2) is 7.02. The van der Waals surface area contributed by atoms with Crippen LogP contribution in [0, 0.1) is 6.92 Å². The maximum atomic E-state index is 9.83. The quantitative estimate of drug-likeness (QED) is 0.777. The minimum absolute atomic E-state index is 0.256. The van der Waals surface area contributed by atoms with Crippen molar-refractivity contribution in [1.29, 1.82) is 0 Å². The first-order valence-electron chi connectivity index (χ1n) is 6.56. The summed E-state index contributed by atoms with van der Waals surface area (Å²) in [6, 6.07) is 7.76. The Morgan fingerprint density at radius 3 is 3.00 bits per heavy atom. The van der Waals surface area contributed by atoms with Crippen LogP contribution in [0.15, 0.2) is 30.6 Å². The lowest BCUT2D eigenvalue weighted by Crippen LogP contribution is -2.31. The summed E-state index contributed by atoms with van der Waals surface area (Å²) in [6.07, 6.45) is 1.08. The number of hydrogen-bond acceptors (Lipinski definition) is 5. The number of aryl methyl sites for hydroxylation is 2. The van der Waals surface area contributed by atoms with Crippen LogP contribution in [0.3, 0.4) is 0 Å². The van der Waals surface area contributed by atoms with Crippen molar-refractivity contribution in [3.05, 3.63) is 42.0 Å². The van der Waals surface area contributed by atoms with Crippen LogP contribution in [0.4, 0.5) is 0 Å². The maximum absolute atomic E-state index is 9.83. The molecular formula is C14H20N4O2. The summed E-state index contributed by atoms with van der Waals surface area (Å²) < 4.78 is 7.18. The van der Waals surface area contributed by atoms with Crippen molar-refractivity contribution in [2.45, 2.75) is 19.6 Å². The number of ether oxygens (including phenoxy) is 1. The predicted octanol–water partition coefficient (Wildman–Crippen LogP) is 0.653. The predicted molar refractivity (Wildman–Crippen MR) is 75.4 cm³/mol. The number of rotatable bonds is 7. The Morgan fingerprint density at radius 1 is 1.45 bits per heavy atom. The van der Waals surface area contributed by atoms with E-state index in [1.807, 2.05) is 38.2 Å². The zero-order valence-electron chi connectivity index (χ0n) is 11.8. The van der Waals surface area contributed by atoms with Gasteiger partial charge in [0.2, 0.25) is 0 Å². The molecule has 0 fully saturated rings. The molecule has 1 aromatic heterocycles. The van der Waals surface area contributed by atoms with E-state index >= 15 is 0 Å². The lowest BCUT2D eigenvalue weighted by Gasteiger charge is -2.13. The summed E-state index contributed by atoms with van der Waals surface area (Å²) in [5.74, 6) is 1.48. The van der Waals surface area contributed by atoms with E-state index in [2.05, 4.69) is 15.4 Å². The zero-order valence-corrected chi connectivity index (χ0v) is 11.8. The fourth-order valence-corrected chi connectivity index (χ4v) is 1.77. The van der Waals surface area contributed by atoms with E-state index in [9.17, 15) is 5.11 Å². The monoisotopic (exact) mass is 276 g/mol. The lowest BCUT2D eigenvalue weighted by molar-refractivity contribution is 0.106. The molecule has 1 aromatic carbocycles. The molecule has 2 rings (SSSR count). The van der Waals surface area contributed by atoms with Crippen LogP contribution in [-0.2, 0) is 13.6 Å². The summed E-state index contributed by atoms with van der Waals surface area (Å²) >= 11 is 0. The summed E-state index contributed by atoms with van der Waals surface area (Å²) in [6.45, 7) is 3.23. The van der Waals surface area contributed by atoms with E-state index in [1.165, 1.54) is 0 Å². The molecule has 0 spiro atoms. The van der Waals surface area contributed by atoms with Gasteiger partial charge in [0, 0.05) is 13.6 Å². The first kappa shape index (κ1) is 14.5. The van der Waals surface area contributed by atoms with Gasteiger partial charge >= 0.3 is 0 Å². The zero-order chi connectivity index (χ0) is 14.4. The van der Waals surface area contributed by atoms with Crippen molar-refractivity contribution >= 4 is 0 Å². The molecular weight excluding hydrogens is 256 g/mol. The Hall–Kier alpha value is -1.92. The Balaban J connectivity index is 1.66. The molecule has 1 atom stereocenters. The van der Waals surface area contributed by atoms with Crippen molar-refractivity contribution in [3.8, 4) is 5.75 Å². The third kappa shape index (κ3) is 4.64. The molecule has 0 amide bonds. The Morgan fingerprint density at radius 2 is 2.30 bits per heavy atom. The fourth-order valence-electron chi connectivity index (χ4n) is 1.77. The van der Waals surface area contributed by atoms with Crippen LogP contribution < -0.4 is 10.1 Å². The van der Waals surface area contributed by atoms with Crippen molar-refractivity contribution in [2.24, 2.45) is 7.05 Å². The number of nitrogens with zero attached hydrogens (tertiary/aromatic N) is 3. The van der Waals surface area contributed by atoms with Crippen molar-refractivity contribution in [2.75, 3.05) is 13.2 Å². The number of aromatic nitrogens is 3. The van der Waals surface area contributed by atoms with Gasteiger partial charge in [-0.05, 0) is 24.6 Å². The first-order chi connectivity index (χ1) is 9.63. The normalized spacial score (nSPS) is 12.3. The van der Waals surface area contributed by atoms with Gasteiger partial charge in [-0.15, -0.1) is 0 Å². The highest BCUT2D eigenvalue weighted by molar-refractivity contribution is 5.27. The van der Waals surface area contributed by atoms with Gasteiger partial charge in [-0.3, -0.25) is 4.68 Å². The molecule has 6 nitrogen and oxygen atoms in total. The Kier molecular flexibility index (Phi) is 5.09.